The van der Waals surface area contributed by atoms with Gasteiger partial charge < -0.3 is 15.1 Å². The molecule has 4 nitrogen and oxygen atoms in total. The number of urea groups is 1. The maximum Gasteiger partial charge on any atom is 0.317 e. The Morgan fingerprint density at radius 1 is 1.39 bits per heavy atom. The lowest BCUT2D eigenvalue weighted by Crippen LogP contribution is -2.45. The number of amides is 2. The van der Waals surface area contributed by atoms with Gasteiger partial charge in [0.1, 0.15) is 0 Å². The Bertz CT molecular complexity index is 241. The molecular weight excluding hydrogens is 226 g/mol. The first kappa shape index (κ1) is 15.3. The molecule has 1 saturated heterocycles. The lowest BCUT2D eigenvalue weighted by Gasteiger charge is -2.31. The number of carbonyl (C=O) groups excluding carboxylic acids is 1. The molecule has 0 spiro atoms. The second-order valence-corrected chi connectivity index (χ2v) is 5.31. The minimum absolute atomic E-state index is 0.126. The number of hydrogen-bond acceptors (Lipinski definition) is 2. The molecule has 1 rings (SSSR count). The van der Waals surface area contributed by atoms with Gasteiger partial charge in [0.25, 0.3) is 0 Å². The van der Waals surface area contributed by atoms with Gasteiger partial charge in [0.05, 0.1) is 0 Å². The van der Waals surface area contributed by atoms with E-state index in [1.165, 1.54) is 6.42 Å². The van der Waals surface area contributed by atoms with Crippen molar-refractivity contribution in [2.45, 2.75) is 40.0 Å². The van der Waals surface area contributed by atoms with Crippen molar-refractivity contribution in [2.24, 2.45) is 5.92 Å². The molecule has 0 bridgehead atoms. The first-order valence-electron chi connectivity index (χ1n) is 7.42. The van der Waals surface area contributed by atoms with Crippen molar-refractivity contribution in [3.63, 3.8) is 0 Å². The second-order valence-electron chi connectivity index (χ2n) is 5.31. The fraction of sp³-hybridized carbons (Fsp3) is 0.929. The minimum atomic E-state index is 0.126. The van der Waals surface area contributed by atoms with Gasteiger partial charge in [-0.25, -0.2) is 4.79 Å². The average Bonchev–Trinajstić information content (AvgIpc) is 2.38. The summed E-state index contributed by atoms with van der Waals surface area (Å²) in [6, 6.07) is 0.126. The minimum Gasteiger partial charge on any atom is -0.338 e. The number of likely N-dealkylation sites (tertiary alicyclic amines) is 1. The molecule has 0 aromatic carbocycles. The zero-order valence-corrected chi connectivity index (χ0v) is 12.2. The number of piperidine rings is 1. The molecule has 1 heterocycles. The lowest BCUT2D eigenvalue weighted by molar-refractivity contribution is 0.169. The van der Waals surface area contributed by atoms with E-state index in [0.29, 0.717) is 5.92 Å². The van der Waals surface area contributed by atoms with Crippen LogP contribution in [0, 0.1) is 5.92 Å². The highest BCUT2D eigenvalue weighted by Crippen LogP contribution is 2.15. The van der Waals surface area contributed by atoms with Crippen LogP contribution in [-0.4, -0.2) is 55.1 Å². The molecule has 1 aliphatic heterocycles. The average molecular weight is 255 g/mol. The van der Waals surface area contributed by atoms with Crippen molar-refractivity contribution in [3.05, 3.63) is 0 Å². The predicted octanol–water partition coefficient (Wildman–Crippen LogP) is 2.16. The number of rotatable bonds is 6. The van der Waals surface area contributed by atoms with E-state index in [-0.39, 0.29) is 6.03 Å². The van der Waals surface area contributed by atoms with Crippen molar-refractivity contribution in [1.82, 2.24) is 15.1 Å². The number of nitrogens with zero attached hydrogens (tertiary/aromatic N) is 2. The van der Waals surface area contributed by atoms with E-state index in [1.54, 1.807) is 0 Å². The van der Waals surface area contributed by atoms with Gasteiger partial charge in [0.2, 0.25) is 0 Å². The summed E-state index contributed by atoms with van der Waals surface area (Å²) < 4.78 is 0. The van der Waals surface area contributed by atoms with Gasteiger partial charge in [-0.1, -0.05) is 20.8 Å². The van der Waals surface area contributed by atoms with Gasteiger partial charge in [0.15, 0.2) is 0 Å². The molecule has 106 valence electrons. The molecule has 0 aliphatic carbocycles. The Labute approximate surface area is 112 Å². The molecule has 4 heteroatoms. The summed E-state index contributed by atoms with van der Waals surface area (Å²) in [5, 5.41) is 3.04. The topological polar surface area (TPSA) is 35.6 Å². The summed E-state index contributed by atoms with van der Waals surface area (Å²) in [7, 11) is 0. The van der Waals surface area contributed by atoms with Gasteiger partial charge in [-0.05, 0) is 44.8 Å². The maximum atomic E-state index is 11.9. The van der Waals surface area contributed by atoms with Crippen LogP contribution in [0.3, 0.4) is 0 Å². The van der Waals surface area contributed by atoms with Crippen LogP contribution in [0.1, 0.15) is 40.0 Å². The maximum absolute atomic E-state index is 11.9. The van der Waals surface area contributed by atoms with Crippen molar-refractivity contribution in [2.75, 3.05) is 39.3 Å². The van der Waals surface area contributed by atoms with Crippen LogP contribution in [0.5, 0.6) is 0 Å². The molecule has 18 heavy (non-hydrogen) atoms. The summed E-state index contributed by atoms with van der Waals surface area (Å²) in [4.78, 5) is 16.3. The third-order valence-electron chi connectivity index (χ3n) is 3.77. The molecule has 0 aromatic heterocycles. The van der Waals surface area contributed by atoms with Crippen molar-refractivity contribution in [3.8, 4) is 0 Å². The van der Waals surface area contributed by atoms with Gasteiger partial charge in [-0.15, -0.1) is 0 Å². The van der Waals surface area contributed by atoms with E-state index < -0.39 is 0 Å². The quantitative estimate of drug-likeness (QED) is 0.738. The van der Waals surface area contributed by atoms with Crippen molar-refractivity contribution >= 4 is 6.03 Å². The highest BCUT2D eigenvalue weighted by molar-refractivity contribution is 5.74. The third kappa shape index (κ3) is 5.25. The van der Waals surface area contributed by atoms with Gasteiger partial charge in [-0.3, -0.25) is 0 Å². The summed E-state index contributed by atoms with van der Waals surface area (Å²) in [5.74, 6) is 0.653. The van der Waals surface area contributed by atoms with Crippen LogP contribution in [-0.2, 0) is 0 Å². The Morgan fingerprint density at radius 3 is 2.72 bits per heavy atom. The summed E-state index contributed by atoms with van der Waals surface area (Å²) >= 11 is 0. The summed E-state index contributed by atoms with van der Waals surface area (Å²) in [6.45, 7) is 12.5. The Morgan fingerprint density at radius 2 is 2.11 bits per heavy atom. The molecule has 1 atom stereocenters. The van der Waals surface area contributed by atoms with Crippen LogP contribution in [0.4, 0.5) is 4.79 Å². The molecule has 1 unspecified atom stereocenters. The van der Waals surface area contributed by atoms with Crippen LogP contribution >= 0.6 is 0 Å². The van der Waals surface area contributed by atoms with E-state index in [9.17, 15) is 4.79 Å². The molecule has 0 radical (unpaired) electrons. The third-order valence-corrected chi connectivity index (χ3v) is 3.77. The first-order chi connectivity index (χ1) is 8.67. The second kappa shape index (κ2) is 8.35. The van der Waals surface area contributed by atoms with Crippen molar-refractivity contribution < 1.29 is 4.79 Å². The molecule has 0 aromatic rings. The van der Waals surface area contributed by atoms with E-state index >= 15 is 0 Å². The summed E-state index contributed by atoms with van der Waals surface area (Å²) in [5.41, 5.74) is 0. The van der Waals surface area contributed by atoms with Crippen molar-refractivity contribution in [1.29, 1.82) is 0 Å². The van der Waals surface area contributed by atoms with E-state index in [0.717, 1.165) is 52.1 Å². The smallest absolute Gasteiger partial charge is 0.317 e. The largest absolute Gasteiger partial charge is 0.338 e. The van der Waals surface area contributed by atoms with Crippen LogP contribution in [0.15, 0.2) is 0 Å². The molecule has 2 amide bonds. The fourth-order valence-electron chi connectivity index (χ4n) is 2.52. The molecular formula is C14H29N3O. The van der Waals surface area contributed by atoms with Crippen LogP contribution in [0.2, 0.25) is 0 Å². The van der Waals surface area contributed by atoms with E-state index in [1.807, 2.05) is 4.90 Å². The number of carbonyl (C=O) groups is 1. The van der Waals surface area contributed by atoms with Gasteiger partial charge in [-0.2, -0.15) is 0 Å². The Kier molecular flexibility index (Phi) is 7.09. The predicted molar refractivity (Wildman–Crippen MR) is 75.8 cm³/mol. The highest BCUT2D eigenvalue weighted by Gasteiger charge is 2.20. The molecule has 1 aliphatic rings. The van der Waals surface area contributed by atoms with E-state index in [4.69, 9.17) is 0 Å². The SMILES string of the molecule is CCN(CC)CCCNC(=O)N1CCCC(C)C1. The lowest BCUT2D eigenvalue weighted by atomic mass is 10.0. The highest BCUT2D eigenvalue weighted by atomic mass is 16.2. The molecule has 1 fully saturated rings. The number of nitrogens with one attached hydrogen (secondary N) is 1. The van der Waals surface area contributed by atoms with Gasteiger partial charge >= 0.3 is 6.03 Å². The normalized spacial score (nSPS) is 20.2. The standard InChI is InChI=1S/C14H29N3O/c1-4-16(5-2)10-7-9-15-14(18)17-11-6-8-13(3)12-17/h13H,4-12H2,1-3H3,(H,15,18). The first-order valence-corrected chi connectivity index (χ1v) is 7.42. The molecule has 0 saturated carbocycles. The zero-order chi connectivity index (χ0) is 13.4. The Balaban J connectivity index is 2.13. The van der Waals surface area contributed by atoms with Crippen LogP contribution in [0.25, 0.3) is 0 Å². The van der Waals surface area contributed by atoms with Crippen LogP contribution < -0.4 is 5.32 Å². The van der Waals surface area contributed by atoms with E-state index in [2.05, 4.69) is 31.0 Å². The fourth-order valence-corrected chi connectivity index (χ4v) is 2.52. The zero-order valence-electron chi connectivity index (χ0n) is 12.2. The summed E-state index contributed by atoms with van der Waals surface area (Å²) in [6.07, 6.45) is 3.44. The number of hydrogen-bond donors (Lipinski definition) is 1. The monoisotopic (exact) mass is 255 g/mol. The van der Waals surface area contributed by atoms with Gasteiger partial charge in [0, 0.05) is 19.6 Å². The Hall–Kier alpha value is -0.770. The molecule has 1 N–H and O–H groups in total.